The first-order valence-electron chi connectivity index (χ1n) is 12.4. The van der Waals surface area contributed by atoms with E-state index in [1.165, 1.54) is 13.0 Å². The second-order valence-electron chi connectivity index (χ2n) is 8.93. The molecule has 2 aromatic carbocycles. The fourth-order valence-electron chi connectivity index (χ4n) is 4.00. The summed E-state index contributed by atoms with van der Waals surface area (Å²) in [5.41, 5.74) is 0.718. The molecule has 0 spiro atoms. The van der Waals surface area contributed by atoms with Crippen LogP contribution in [0.2, 0.25) is 10.0 Å². The van der Waals surface area contributed by atoms with Crippen molar-refractivity contribution in [3.05, 3.63) is 57.6 Å². The third-order valence-electron chi connectivity index (χ3n) is 6.03. The number of ether oxygens (including phenoxy) is 3. The summed E-state index contributed by atoms with van der Waals surface area (Å²) in [5, 5.41) is 2.64. The van der Waals surface area contributed by atoms with Crippen molar-refractivity contribution >= 4 is 41.0 Å². The van der Waals surface area contributed by atoms with Gasteiger partial charge >= 0.3 is 11.9 Å². The van der Waals surface area contributed by atoms with Gasteiger partial charge in [0.25, 0.3) is 5.91 Å². The zero-order valence-electron chi connectivity index (χ0n) is 21.8. The quantitative estimate of drug-likeness (QED) is 0.327. The monoisotopic (exact) mass is 565 g/mol. The highest BCUT2D eigenvalue weighted by Crippen LogP contribution is 2.43. The van der Waals surface area contributed by atoms with Crippen molar-refractivity contribution in [2.45, 2.75) is 26.3 Å². The fraction of sp³-hybridized carbons (Fsp3) is 0.444. The van der Waals surface area contributed by atoms with Gasteiger partial charge in [0.2, 0.25) is 0 Å². The van der Waals surface area contributed by atoms with Gasteiger partial charge in [-0.15, -0.1) is 0 Å². The molecule has 1 N–H and O–H groups in total. The van der Waals surface area contributed by atoms with E-state index in [0.717, 1.165) is 31.7 Å². The first-order valence-corrected chi connectivity index (χ1v) is 13.2. The van der Waals surface area contributed by atoms with Crippen molar-refractivity contribution in [3.63, 3.8) is 0 Å². The lowest BCUT2D eigenvalue weighted by molar-refractivity contribution is -0.145. The average Bonchev–Trinajstić information content (AvgIpc) is 2.88. The Kier molecular flexibility index (Phi) is 11.2. The van der Waals surface area contributed by atoms with Crippen LogP contribution in [0.4, 0.5) is 0 Å². The van der Waals surface area contributed by atoms with Crippen LogP contribution in [0.1, 0.15) is 29.8 Å². The lowest BCUT2D eigenvalue weighted by Gasteiger charge is -2.32. The number of esters is 2. The minimum absolute atomic E-state index is 0.0742. The molecule has 206 valence electrons. The Morgan fingerprint density at radius 2 is 1.74 bits per heavy atom. The molecule has 2 aromatic rings. The van der Waals surface area contributed by atoms with E-state index >= 15 is 0 Å². The van der Waals surface area contributed by atoms with Crippen LogP contribution in [0.3, 0.4) is 0 Å². The molecule has 11 heteroatoms. The van der Waals surface area contributed by atoms with Crippen LogP contribution < -0.4 is 14.8 Å². The summed E-state index contributed by atoms with van der Waals surface area (Å²) in [6.45, 7) is 7.77. The number of amides is 1. The Balaban J connectivity index is 1.81. The van der Waals surface area contributed by atoms with Crippen LogP contribution >= 0.6 is 23.2 Å². The zero-order chi connectivity index (χ0) is 27.7. The summed E-state index contributed by atoms with van der Waals surface area (Å²) in [6.07, 6.45) is 0.198. The van der Waals surface area contributed by atoms with Crippen LogP contribution in [0.5, 0.6) is 11.5 Å². The van der Waals surface area contributed by atoms with Gasteiger partial charge in [-0.3, -0.25) is 14.5 Å². The van der Waals surface area contributed by atoms with E-state index in [2.05, 4.69) is 22.2 Å². The van der Waals surface area contributed by atoms with Gasteiger partial charge in [-0.2, -0.15) is 0 Å². The maximum Gasteiger partial charge on any atom is 0.328 e. The summed E-state index contributed by atoms with van der Waals surface area (Å²) in [7, 11) is 2.08. The van der Waals surface area contributed by atoms with Gasteiger partial charge in [0.05, 0.1) is 17.2 Å². The molecule has 1 amide bonds. The molecule has 1 atom stereocenters. The Morgan fingerprint density at radius 1 is 1.05 bits per heavy atom. The van der Waals surface area contributed by atoms with Crippen molar-refractivity contribution in [2.24, 2.45) is 0 Å². The summed E-state index contributed by atoms with van der Waals surface area (Å²) < 4.78 is 16.3. The Bertz CT molecular complexity index is 1120. The highest BCUT2D eigenvalue weighted by molar-refractivity contribution is 6.39. The number of hydrogen-bond acceptors (Lipinski definition) is 8. The van der Waals surface area contributed by atoms with Gasteiger partial charge in [-0.05, 0) is 25.6 Å². The van der Waals surface area contributed by atoms with Crippen LogP contribution in [0, 0.1) is 0 Å². The highest BCUT2D eigenvalue weighted by Gasteiger charge is 2.28. The van der Waals surface area contributed by atoms with Crippen molar-refractivity contribution in [1.82, 2.24) is 15.1 Å². The average molecular weight is 566 g/mol. The molecule has 3 rings (SSSR count). The van der Waals surface area contributed by atoms with Crippen LogP contribution in [-0.4, -0.2) is 86.7 Å². The molecular weight excluding hydrogens is 533 g/mol. The predicted octanol–water partition coefficient (Wildman–Crippen LogP) is 3.45. The Hall–Kier alpha value is -2.85. The van der Waals surface area contributed by atoms with Crippen molar-refractivity contribution in [1.29, 1.82) is 0 Å². The van der Waals surface area contributed by atoms with Crippen LogP contribution in [-0.2, 0) is 20.7 Å². The number of carbonyl (C=O) groups is 3. The maximum absolute atomic E-state index is 13.3. The lowest BCUT2D eigenvalue weighted by Crippen LogP contribution is -2.45. The smallest absolute Gasteiger partial charge is 0.328 e. The van der Waals surface area contributed by atoms with Gasteiger partial charge in [-0.25, -0.2) is 4.79 Å². The maximum atomic E-state index is 13.3. The zero-order valence-corrected chi connectivity index (χ0v) is 23.3. The largest absolute Gasteiger partial charge is 0.489 e. The van der Waals surface area contributed by atoms with E-state index in [0.29, 0.717) is 13.2 Å². The number of rotatable bonds is 11. The SMILES string of the molecule is CCOC(=O)[C@H](Cc1ccccc1)NC(=O)c1cc(Cl)c(OCCN2CCN(C)CC2)c(Cl)c1OC(C)=O. The normalized spacial score (nSPS) is 15.0. The van der Waals surface area contributed by atoms with Gasteiger partial charge < -0.3 is 24.4 Å². The first-order chi connectivity index (χ1) is 18.2. The standard InChI is InChI=1S/C27H33Cl2N3O6/c1-4-36-27(35)22(16-19-8-6-5-7-9-19)30-26(34)20-17-21(28)25(23(29)24(20)38-18(2)33)37-15-14-32-12-10-31(3)11-13-32/h5-9,17,22H,4,10-16H2,1-3H3,(H,30,34)/t22-/m0/s1. The summed E-state index contributed by atoms with van der Waals surface area (Å²) in [5.74, 6) is -2.07. The number of benzene rings is 2. The fourth-order valence-corrected chi connectivity index (χ4v) is 4.60. The van der Waals surface area contributed by atoms with E-state index in [-0.39, 0.29) is 40.1 Å². The number of piperazine rings is 1. The third-order valence-corrected chi connectivity index (χ3v) is 6.65. The summed E-state index contributed by atoms with van der Waals surface area (Å²) >= 11 is 13.0. The molecule has 1 aliphatic heterocycles. The van der Waals surface area contributed by atoms with E-state index in [9.17, 15) is 14.4 Å². The van der Waals surface area contributed by atoms with Gasteiger partial charge in [0, 0.05) is 46.1 Å². The summed E-state index contributed by atoms with van der Waals surface area (Å²) in [6, 6.07) is 9.52. The number of hydrogen-bond donors (Lipinski definition) is 1. The van der Waals surface area contributed by atoms with Crippen LogP contribution in [0.25, 0.3) is 0 Å². The molecule has 0 bridgehead atoms. The number of carbonyl (C=O) groups excluding carboxylic acids is 3. The van der Waals surface area contributed by atoms with E-state index in [1.54, 1.807) is 6.92 Å². The topological polar surface area (TPSA) is 97.4 Å². The minimum Gasteiger partial charge on any atom is -0.489 e. The second kappa shape index (κ2) is 14.3. The molecule has 1 aliphatic rings. The van der Waals surface area contributed by atoms with E-state index < -0.39 is 23.9 Å². The minimum atomic E-state index is -0.993. The van der Waals surface area contributed by atoms with Gasteiger partial charge in [0.15, 0.2) is 11.5 Å². The molecule has 0 radical (unpaired) electrons. The van der Waals surface area contributed by atoms with Crippen LogP contribution in [0.15, 0.2) is 36.4 Å². The van der Waals surface area contributed by atoms with E-state index in [1.807, 2.05) is 30.3 Å². The molecule has 0 unspecified atom stereocenters. The van der Waals surface area contributed by atoms with Crippen molar-refractivity contribution in [3.8, 4) is 11.5 Å². The van der Waals surface area contributed by atoms with Crippen molar-refractivity contribution in [2.75, 3.05) is 53.0 Å². The molecule has 1 heterocycles. The Labute approximate surface area is 232 Å². The number of nitrogens with zero attached hydrogens (tertiary/aromatic N) is 2. The van der Waals surface area contributed by atoms with E-state index in [4.69, 9.17) is 37.4 Å². The molecule has 0 aromatic heterocycles. The van der Waals surface area contributed by atoms with Gasteiger partial charge in [-0.1, -0.05) is 53.5 Å². The molecule has 38 heavy (non-hydrogen) atoms. The molecular formula is C27H33Cl2N3O6. The number of likely N-dealkylation sites (N-methyl/N-ethyl adjacent to an activating group) is 1. The lowest BCUT2D eigenvalue weighted by atomic mass is 10.0. The van der Waals surface area contributed by atoms with Crippen molar-refractivity contribution < 1.29 is 28.6 Å². The highest BCUT2D eigenvalue weighted by atomic mass is 35.5. The summed E-state index contributed by atoms with van der Waals surface area (Å²) in [4.78, 5) is 42.4. The number of nitrogens with one attached hydrogen (secondary N) is 1. The third kappa shape index (κ3) is 8.33. The molecule has 0 saturated carbocycles. The molecule has 9 nitrogen and oxygen atoms in total. The first kappa shape index (κ1) is 29.7. The Morgan fingerprint density at radius 3 is 2.37 bits per heavy atom. The molecule has 1 fully saturated rings. The molecule has 0 aliphatic carbocycles. The molecule has 1 saturated heterocycles. The number of halogens is 2. The van der Waals surface area contributed by atoms with Gasteiger partial charge in [0.1, 0.15) is 17.7 Å². The predicted molar refractivity (Wildman–Crippen MR) is 145 cm³/mol. The second-order valence-corrected chi connectivity index (χ2v) is 9.72.